The van der Waals surface area contributed by atoms with Gasteiger partial charge in [0.2, 0.25) is 0 Å². The first-order valence-corrected chi connectivity index (χ1v) is 7.56. The van der Waals surface area contributed by atoms with Gasteiger partial charge in [-0.05, 0) is 30.6 Å². The number of benzene rings is 1. The Bertz CT molecular complexity index is 666. The normalized spacial score (nSPS) is 33.6. The summed E-state index contributed by atoms with van der Waals surface area (Å²) >= 11 is 6.54. The van der Waals surface area contributed by atoms with Gasteiger partial charge >= 0.3 is 11.9 Å². The molecular formula is C17H17ClO4. The molecule has 1 aliphatic heterocycles. The lowest BCUT2D eigenvalue weighted by molar-refractivity contribution is -0.156. The van der Waals surface area contributed by atoms with Crippen LogP contribution in [-0.4, -0.2) is 30.0 Å². The van der Waals surface area contributed by atoms with Gasteiger partial charge in [-0.15, -0.1) is 11.6 Å². The Balaban J connectivity index is 2.16. The summed E-state index contributed by atoms with van der Waals surface area (Å²) in [5.41, 5.74) is 1.87. The molecule has 1 aromatic carbocycles. The van der Waals surface area contributed by atoms with Gasteiger partial charge < -0.3 is 9.47 Å². The van der Waals surface area contributed by atoms with Gasteiger partial charge in [0.1, 0.15) is 5.60 Å². The SMILES string of the molecule is COC(=O)[C@H]1C(=O)O[C@@]2(C)[C@@H](Cl)C(C)=C(c3ccccc3)[C@@H]12. The maximum absolute atomic E-state index is 12.2. The zero-order valence-corrected chi connectivity index (χ0v) is 13.4. The average molecular weight is 321 g/mol. The van der Waals surface area contributed by atoms with Crippen molar-refractivity contribution in [1.29, 1.82) is 0 Å². The van der Waals surface area contributed by atoms with Gasteiger partial charge in [-0.3, -0.25) is 9.59 Å². The molecule has 1 saturated heterocycles. The zero-order chi connectivity index (χ0) is 16.1. The molecule has 0 radical (unpaired) electrons. The van der Waals surface area contributed by atoms with Crippen LogP contribution in [-0.2, 0) is 19.1 Å². The summed E-state index contributed by atoms with van der Waals surface area (Å²) in [6.45, 7) is 3.71. The van der Waals surface area contributed by atoms with Gasteiger partial charge in [-0.25, -0.2) is 0 Å². The predicted molar refractivity (Wildman–Crippen MR) is 82.2 cm³/mol. The first kappa shape index (κ1) is 15.1. The second-order valence-electron chi connectivity index (χ2n) is 5.91. The summed E-state index contributed by atoms with van der Waals surface area (Å²) in [5.74, 6) is -2.54. The van der Waals surface area contributed by atoms with Gasteiger partial charge in [0, 0.05) is 0 Å². The van der Waals surface area contributed by atoms with Crippen molar-refractivity contribution in [2.75, 3.05) is 7.11 Å². The lowest BCUT2D eigenvalue weighted by Gasteiger charge is -2.28. The van der Waals surface area contributed by atoms with Crippen molar-refractivity contribution >= 4 is 29.1 Å². The van der Waals surface area contributed by atoms with E-state index in [4.69, 9.17) is 21.1 Å². The molecular weight excluding hydrogens is 304 g/mol. The van der Waals surface area contributed by atoms with E-state index >= 15 is 0 Å². The van der Waals surface area contributed by atoms with E-state index < -0.39 is 34.8 Å². The number of carbonyl (C=O) groups excluding carboxylic acids is 2. The van der Waals surface area contributed by atoms with Crippen molar-refractivity contribution in [2.24, 2.45) is 11.8 Å². The Morgan fingerprint density at radius 2 is 1.95 bits per heavy atom. The summed E-state index contributed by atoms with van der Waals surface area (Å²) < 4.78 is 10.3. The van der Waals surface area contributed by atoms with Gasteiger partial charge in [0.25, 0.3) is 0 Å². The van der Waals surface area contributed by atoms with Crippen LogP contribution < -0.4 is 0 Å². The minimum absolute atomic E-state index is 0.433. The van der Waals surface area contributed by atoms with Crippen LogP contribution >= 0.6 is 11.6 Å². The molecule has 0 amide bonds. The van der Waals surface area contributed by atoms with E-state index in [0.29, 0.717) is 0 Å². The van der Waals surface area contributed by atoms with Crippen molar-refractivity contribution in [3.05, 3.63) is 41.5 Å². The quantitative estimate of drug-likeness (QED) is 0.478. The molecule has 2 aliphatic rings. The molecule has 3 rings (SSSR count). The van der Waals surface area contributed by atoms with E-state index in [1.165, 1.54) is 7.11 Å². The molecule has 116 valence electrons. The fourth-order valence-corrected chi connectivity index (χ4v) is 3.97. The predicted octanol–water partition coefficient (Wildman–Crippen LogP) is 2.80. The third kappa shape index (κ3) is 1.90. The van der Waals surface area contributed by atoms with Gasteiger partial charge in [0.05, 0.1) is 18.4 Å². The van der Waals surface area contributed by atoms with E-state index in [0.717, 1.165) is 16.7 Å². The summed E-state index contributed by atoms with van der Waals surface area (Å²) in [5, 5.41) is -0.466. The van der Waals surface area contributed by atoms with E-state index in [2.05, 4.69) is 0 Å². The number of fused-ring (bicyclic) bond motifs is 1. The summed E-state index contributed by atoms with van der Waals surface area (Å²) in [7, 11) is 1.27. The molecule has 1 aliphatic carbocycles. The third-order valence-electron chi connectivity index (χ3n) is 4.68. The molecule has 0 bridgehead atoms. The standard InChI is InChI=1S/C17H17ClO4/c1-9-11(10-7-5-4-6-8-10)13-12(15(19)21-3)16(20)22-17(13,2)14(9)18/h4-8,12-14H,1-3H3/t12-,13-,14-,17+/m0/s1. The lowest BCUT2D eigenvalue weighted by Crippen LogP contribution is -2.39. The number of hydrogen-bond acceptors (Lipinski definition) is 4. The minimum atomic E-state index is -0.969. The number of methoxy groups -OCH3 is 1. The summed E-state index contributed by atoms with van der Waals surface area (Å²) in [4.78, 5) is 24.3. The smallest absolute Gasteiger partial charge is 0.321 e. The molecule has 1 fully saturated rings. The number of hydrogen-bond donors (Lipinski definition) is 0. The maximum Gasteiger partial charge on any atom is 0.321 e. The number of carbonyl (C=O) groups is 2. The fourth-order valence-electron chi connectivity index (χ4n) is 3.67. The van der Waals surface area contributed by atoms with Crippen LogP contribution in [0.4, 0.5) is 0 Å². The second-order valence-corrected chi connectivity index (χ2v) is 6.35. The van der Waals surface area contributed by atoms with Gasteiger partial charge in [-0.1, -0.05) is 30.3 Å². The molecule has 4 nitrogen and oxygen atoms in total. The molecule has 0 N–H and O–H groups in total. The number of alkyl halides is 1. The van der Waals surface area contributed by atoms with Crippen molar-refractivity contribution in [2.45, 2.75) is 24.8 Å². The van der Waals surface area contributed by atoms with Gasteiger partial charge in [0.15, 0.2) is 5.92 Å². The zero-order valence-electron chi connectivity index (χ0n) is 12.6. The monoisotopic (exact) mass is 320 g/mol. The number of esters is 2. The number of ether oxygens (including phenoxy) is 2. The Labute approximate surface area is 134 Å². The first-order chi connectivity index (χ1) is 10.4. The van der Waals surface area contributed by atoms with Crippen LogP contribution in [0, 0.1) is 11.8 Å². The second kappa shape index (κ2) is 5.13. The largest absolute Gasteiger partial charge is 0.468 e. The van der Waals surface area contributed by atoms with E-state index in [9.17, 15) is 9.59 Å². The van der Waals surface area contributed by atoms with Crippen LogP contribution in [0.3, 0.4) is 0 Å². The average Bonchev–Trinajstić information content (AvgIpc) is 2.88. The molecule has 5 heteroatoms. The molecule has 1 aromatic rings. The van der Waals surface area contributed by atoms with Crippen molar-refractivity contribution in [3.8, 4) is 0 Å². The van der Waals surface area contributed by atoms with E-state index in [1.54, 1.807) is 6.92 Å². The number of rotatable bonds is 2. The molecule has 0 spiro atoms. The topological polar surface area (TPSA) is 52.6 Å². The van der Waals surface area contributed by atoms with E-state index in [1.807, 2.05) is 37.3 Å². The van der Waals surface area contributed by atoms with E-state index in [-0.39, 0.29) is 0 Å². The third-order valence-corrected chi connectivity index (χ3v) is 5.45. The Kier molecular flexibility index (Phi) is 3.52. The fraction of sp³-hybridized carbons (Fsp3) is 0.412. The minimum Gasteiger partial charge on any atom is -0.468 e. The highest BCUT2D eigenvalue weighted by atomic mass is 35.5. The lowest BCUT2D eigenvalue weighted by atomic mass is 9.78. The Hall–Kier alpha value is -1.81. The summed E-state index contributed by atoms with van der Waals surface area (Å²) in [6.07, 6.45) is 0. The van der Waals surface area contributed by atoms with Crippen LogP contribution in [0.1, 0.15) is 19.4 Å². The summed E-state index contributed by atoms with van der Waals surface area (Å²) in [6, 6.07) is 9.65. The first-order valence-electron chi connectivity index (χ1n) is 7.12. The molecule has 0 unspecified atom stereocenters. The highest BCUT2D eigenvalue weighted by molar-refractivity contribution is 6.25. The molecule has 1 heterocycles. The van der Waals surface area contributed by atoms with Crippen LogP contribution in [0.5, 0.6) is 0 Å². The Morgan fingerprint density at radius 3 is 2.55 bits per heavy atom. The molecule has 0 saturated carbocycles. The number of halogens is 1. The van der Waals surface area contributed by atoms with Crippen LogP contribution in [0.15, 0.2) is 35.9 Å². The molecule has 0 aromatic heterocycles. The van der Waals surface area contributed by atoms with Crippen molar-refractivity contribution in [1.82, 2.24) is 0 Å². The van der Waals surface area contributed by atoms with Crippen molar-refractivity contribution < 1.29 is 19.1 Å². The molecule has 4 atom stereocenters. The maximum atomic E-state index is 12.2. The van der Waals surface area contributed by atoms with Crippen molar-refractivity contribution in [3.63, 3.8) is 0 Å². The van der Waals surface area contributed by atoms with Crippen LogP contribution in [0.2, 0.25) is 0 Å². The van der Waals surface area contributed by atoms with Gasteiger partial charge in [-0.2, -0.15) is 0 Å². The van der Waals surface area contributed by atoms with Crippen LogP contribution in [0.25, 0.3) is 5.57 Å². The Morgan fingerprint density at radius 1 is 1.32 bits per heavy atom. The highest BCUT2D eigenvalue weighted by Crippen LogP contribution is 2.56. The molecule has 22 heavy (non-hydrogen) atoms. The highest BCUT2D eigenvalue weighted by Gasteiger charge is 2.64.